The maximum Gasteiger partial charge on any atom is 0.251 e. The van der Waals surface area contributed by atoms with Crippen molar-refractivity contribution in [1.82, 2.24) is 16.0 Å². The molecule has 0 radical (unpaired) electrons. The summed E-state index contributed by atoms with van der Waals surface area (Å²) in [6, 6.07) is 13.5. The summed E-state index contributed by atoms with van der Waals surface area (Å²) in [7, 11) is 3.44. The molecule has 1 atom stereocenters. The van der Waals surface area contributed by atoms with Crippen molar-refractivity contribution in [2.75, 3.05) is 38.7 Å². The fourth-order valence-electron chi connectivity index (χ4n) is 3.62. The van der Waals surface area contributed by atoms with Gasteiger partial charge in [0, 0.05) is 49.9 Å². The van der Waals surface area contributed by atoms with Crippen LogP contribution in [0.3, 0.4) is 0 Å². The molecule has 3 N–H and O–H groups in total. The normalized spacial score (nSPS) is 16.2. The van der Waals surface area contributed by atoms with Crippen LogP contribution in [0.5, 0.6) is 5.75 Å². The summed E-state index contributed by atoms with van der Waals surface area (Å²) in [6.07, 6.45) is 0.984. The van der Waals surface area contributed by atoms with Gasteiger partial charge >= 0.3 is 0 Å². The molecule has 2 aromatic carbocycles. The highest BCUT2D eigenvalue weighted by Crippen LogP contribution is 2.33. The van der Waals surface area contributed by atoms with E-state index in [9.17, 15) is 4.79 Å². The molecule has 1 saturated heterocycles. The molecule has 0 spiro atoms. The van der Waals surface area contributed by atoms with Gasteiger partial charge in [-0.25, -0.2) is 0 Å². The molecule has 1 unspecified atom stereocenters. The molecule has 31 heavy (non-hydrogen) atoms. The zero-order valence-electron chi connectivity index (χ0n) is 18.2. The minimum absolute atomic E-state index is 0.0541. The first kappa shape index (κ1) is 22.7. The van der Waals surface area contributed by atoms with Crippen LogP contribution in [-0.2, 0) is 6.54 Å². The summed E-state index contributed by atoms with van der Waals surface area (Å²) >= 11 is 6.19. The van der Waals surface area contributed by atoms with E-state index in [1.54, 1.807) is 14.2 Å². The van der Waals surface area contributed by atoms with Gasteiger partial charge in [-0.3, -0.25) is 9.79 Å². The van der Waals surface area contributed by atoms with Crippen molar-refractivity contribution in [3.8, 4) is 5.75 Å². The molecule has 166 valence electrons. The molecule has 1 fully saturated rings. The molecule has 0 aromatic heterocycles. The van der Waals surface area contributed by atoms with Gasteiger partial charge in [0.1, 0.15) is 5.75 Å². The van der Waals surface area contributed by atoms with Crippen molar-refractivity contribution < 1.29 is 9.53 Å². The van der Waals surface area contributed by atoms with Gasteiger partial charge in [-0.15, -0.1) is 0 Å². The molecular weight excluding hydrogens is 414 g/mol. The summed E-state index contributed by atoms with van der Waals surface area (Å²) in [6.45, 7) is 4.88. The first-order valence-electron chi connectivity index (χ1n) is 10.5. The summed E-state index contributed by atoms with van der Waals surface area (Å²) in [5.74, 6) is 1.52. The van der Waals surface area contributed by atoms with Crippen LogP contribution in [0.15, 0.2) is 47.5 Å². The SMILES string of the molecule is CCNC(=O)c1ccc(CNC(=NC)NC2CCN(c3cc(Cl)ccc3OC)C2)cc1. The van der Waals surface area contributed by atoms with Gasteiger partial charge in [-0.05, 0) is 49.2 Å². The number of nitrogens with zero attached hydrogens (tertiary/aromatic N) is 2. The second-order valence-electron chi connectivity index (χ2n) is 7.37. The van der Waals surface area contributed by atoms with Crippen LogP contribution in [0, 0.1) is 0 Å². The number of guanidine groups is 1. The number of hydrogen-bond acceptors (Lipinski definition) is 4. The molecule has 8 heteroatoms. The molecule has 1 heterocycles. The number of amides is 1. The van der Waals surface area contributed by atoms with Gasteiger partial charge in [-0.2, -0.15) is 0 Å². The second-order valence-corrected chi connectivity index (χ2v) is 7.81. The summed E-state index contributed by atoms with van der Waals surface area (Å²) in [5, 5.41) is 10.3. The predicted molar refractivity (Wildman–Crippen MR) is 126 cm³/mol. The largest absolute Gasteiger partial charge is 0.495 e. The topological polar surface area (TPSA) is 78.0 Å². The highest BCUT2D eigenvalue weighted by Gasteiger charge is 2.25. The van der Waals surface area contributed by atoms with Crippen LogP contribution in [0.25, 0.3) is 0 Å². The van der Waals surface area contributed by atoms with Crippen LogP contribution >= 0.6 is 11.6 Å². The van der Waals surface area contributed by atoms with Crippen molar-refractivity contribution in [2.24, 2.45) is 4.99 Å². The number of anilines is 1. The van der Waals surface area contributed by atoms with E-state index < -0.39 is 0 Å². The van der Waals surface area contributed by atoms with Crippen LogP contribution in [0.4, 0.5) is 5.69 Å². The Morgan fingerprint density at radius 3 is 2.68 bits per heavy atom. The van der Waals surface area contributed by atoms with Gasteiger partial charge < -0.3 is 25.6 Å². The number of ether oxygens (including phenoxy) is 1. The first-order valence-corrected chi connectivity index (χ1v) is 10.8. The van der Waals surface area contributed by atoms with Crippen molar-refractivity contribution in [3.63, 3.8) is 0 Å². The van der Waals surface area contributed by atoms with Crippen molar-refractivity contribution in [1.29, 1.82) is 0 Å². The van der Waals surface area contributed by atoms with E-state index in [1.165, 1.54) is 0 Å². The number of rotatable bonds is 7. The van der Waals surface area contributed by atoms with E-state index >= 15 is 0 Å². The zero-order valence-corrected chi connectivity index (χ0v) is 19.0. The Hall–Kier alpha value is -2.93. The molecule has 0 bridgehead atoms. The van der Waals surface area contributed by atoms with Crippen molar-refractivity contribution in [2.45, 2.75) is 25.9 Å². The number of methoxy groups -OCH3 is 1. The van der Waals surface area contributed by atoms with Crippen LogP contribution < -0.4 is 25.6 Å². The number of halogens is 1. The van der Waals surface area contributed by atoms with E-state index in [2.05, 4.69) is 25.8 Å². The van der Waals surface area contributed by atoms with Crippen molar-refractivity contribution >= 4 is 29.2 Å². The highest BCUT2D eigenvalue weighted by molar-refractivity contribution is 6.30. The molecule has 0 saturated carbocycles. The average Bonchev–Trinajstić information content (AvgIpc) is 3.25. The Kier molecular flexibility index (Phi) is 8.00. The lowest BCUT2D eigenvalue weighted by Crippen LogP contribution is -2.44. The lowest BCUT2D eigenvalue weighted by atomic mass is 10.1. The molecular formula is C23H30ClN5O2. The minimum Gasteiger partial charge on any atom is -0.495 e. The van der Waals surface area contributed by atoms with E-state index in [0.717, 1.165) is 42.5 Å². The summed E-state index contributed by atoms with van der Waals surface area (Å²) in [4.78, 5) is 18.5. The average molecular weight is 444 g/mol. The molecule has 1 aliphatic rings. The molecule has 3 rings (SSSR count). The smallest absolute Gasteiger partial charge is 0.251 e. The lowest BCUT2D eigenvalue weighted by molar-refractivity contribution is 0.0956. The maximum absolute atomic E-state index is 11.9. The van der Waals surface area contributed by atoms with Crippen LogP contribution in [0.1, 0.15) is 29.3 Å². The van der Waals surface area contributed by atoms with Crippen LogP contribution in [0.2, 0.25) is 5.02 Å². The maximum atomic E-state index is 11.9. The zero-order chi connectivity index (χ0) is 22.2. The third kappa shape index (κ3) is 6.04. The number of aliphatic imine (C=N–C) groups is 1. The molecule has 1 aliphatic heterocycles. The highest BCUT2D eigenvalue weighted by atomic mass is 35.5. The second kappa shape index (κ2) is 10.9. The molecule has 7 nitrogen and oxygen atoms in total. The van der Waals surface area contributed by atoms with Gasteiger partial charge in [0.05, 0.1) is 12.8 Å². The Bertz CT molecular complexity index is 917. The minimum atomic E-state index is -0.0541. The molecule has 1 amide bonds. The third-order valence-electron chi connectivity index (χ3n) is 5.25. The number of carbonyl (C=O) groups excluding carboxylic acids is 1. The standard InChI is InChI=1S/C23H30ClN5O2/c1-4-26-22(30)17-7-5-16(6-8-17)14-27-23(25-2)28-19-11-12-29(15-19)20-13-18(24)9-10-21(20)31-3/h5-10,13,19H,4,11-12,14-15H2,1-3H3,(H,26,30)(H2,25,27,28). The van der Waals surface area contributed by atoms with Gasteiger partial charge in [0.2, 0.25) is 0 Å². The first-order chi connectivity index (χ1) is 15.0. The molecule has 2 aromatic rings. The molecule has 0 aliphatic carbocycles. The van der Waals surface area contributed by atoms with Gasteiger partial charge in [0.25, 0.3) is 5.91 Å². The van der Waals surface area contributed by atoms with Gasteiger partial charge in [0.15, 0.2) is 5.96 Å². The van der Waals surface area contributed by atoms with E-state index in [4.69, 9.17) is 16.3 Å². The Labute approximate surface area is 188 Å². The third-order valence-corrected chi connectivity index (χ3v) is 5.48. The number of hydrogen-bond donors (Lipinski definition) is 3. The van der Waals surface area contributed by atoms with Crippen LogP contribution in [-0.4, -0.2) is 51.7 Å². The monoisotopic (exact) mass is 443 g/mol. The van der Waals surface area contributed by atoms with E-state index in [1.807, 2.05) is 49.4 Å². The lowest BCUT2D eigenvalue weighted by Gasteiger charge is -2.22. The number of nitrogens with one attached hydrogen (secondary N) is 3. The van der Waals surface area contributed by atoms with Crippen molar-refractivity contribution in [3.05, 3.63) is 58.6 Å². The quantitative estimate of drug-likeness (QED) is 0.453. The Morgan fingerprint density at radius 1 is 1.23 bits per heavy atom. The number of benzene rings is 2. The summed E-state index contributed by atoms with van der Waals surface area (Å²) < 4.78 is 5.49. The number of carbonyl (C=O) groups is 1. The van der Waals surface area contributed by atoms with E-state index in [-0.39, 0.29) is 11.9 Å². The Balaban J connectivity index is 1.53. The predicted octanol–water partition coefficient (Wildman–Crippen LogP) is 3.04. The summed E-state index contributed by atoms with van der Waals surface area (Å²) in [5.41, 5.74) is 2.75. The fourth-order valence-corrected chi connectivity index (χ4v) is 3.78. The van der Waals surface area contributed by atoms with E-state index in [0.29, 0.717) is 23.7 Å². The van der Waals surface area contributed by atoms with Gasteiger partial charge in [-0.1, -0.05) is 23.7 Å². The Morgan fingerprint density at radius 2 is 2.00 bits per heavy atom. The fraction of sp³-hybridized carbons (Fsp3) is 0.391.